The van der Waals surface area contributed by atoms with E-state index < -0.39 is 26.6 Å². The fourth-order valence-corrected chi connectivity index (χ4v) is 5.28. The van der Waals surface area contributed by atoms with Crippen molar-refractivity contribution in [1.29, 1.82) is 0 Å². The molecule has 0 spiro atoms. The van der Waals surface area contributed by atoms with Crippen LogP contribution in [-0.2, 0) is 25.8 Å². The lowest BCUT2D eigenvalue weighted by Gasteiger charge is -2.21. The highest BCUT2D eigenvalue weighted by atomic mass is 32.2. The molecular formula is C22H25N3O5S2. The van der Waals surface area contributed by atoms with Crippen molar-refractivity contribution in [2.75, 3.05) is 12.4 Å². The lowest BCUT2D eigenvalue weighted by atomic mass is 10.1. The van der Waals surface area contributed by atoms with Crippen LogP contribution in [0.3, 0.4) is 0 Å². The lowest BCUT2D eigenvalue weighted by Crippen LogP contribution is -2.52. The quantitative estimate of drug-likeness (QED) is 0.477. The normalized spacial score (nSPS) is 13.5. The largest absolute Gasteiger partial charge is 0.467 e. The lowest BCUT2D eigenvalue weighted by molar-refractivity contribution is -0.143. The number of unbranched alkanes of at least 4 members (excludes halogenated alkanes) is 1. The molecule has 1 heterocycles. The summed E-state index contributed by atoms with van der Waals surface area (Å²) < 4.78 is 30.8. The minimum atomic E-state index is -4.22. The standard InChI is InChI=1S/C22H25N3O5S2/c1-4-5-6-14-7-12-17-18(13-14)31-21(24-17)25-19(26)15-8-10-16(11-9-15)32(28,29)22(2,23)20(27)30-3/h7-13H,4-6,23H2,1-3H3,(H,24,25,26)/t22-/m1/s1. The van der Waals surface area contributed by atoms with Gasteiger partial charge in [-0.1, -0.05) is 30.7 Å². The van der Waals surface area contributed by atoms with Crippen molar-refractivity contribution in [2.45, 2.75) is 42.9 Å². The second kappa shape index (κ2) is 9.35. The molecule has 1 aromatic heterocycles. The first kappa shape index (κ1) is 23.8. The predicted octanol–water partition coefficient (Wildman–Crippen LogP) is 3.51. The van der Waals surface area contributed by atoms with Gasteiger partial charge in [-0.15, -0.1) is 0 Å². The summed E-state index contributed by atoms with van der Waals surface area (Å²) in [5.41, 5.74) is 7.98. The third kappa shape index (κ3) is 4.67. The number of carbonyl (C=O) groups excluding carboxylic acids is 2. The van der Waals surface area contributed by atoms with Gasteiger partial charge in [0, 0.05) is 5.56 Å². The number of rotatable bonds is 8. The molecule has 0 fully saturated rings. The third-order valence-electron chi connectivity index (χ3n) is 5.07. The maximum atomic E-state index is 12.7. The summed E-state index contributed by atoms with van der Waals surface area (Å²) >= 11 is 1.38. The second-order valence-corrected chi connectivity index (χ2v) is 10.9. The van der Waals surface area contributed by atoms with Gasteiger partial charge >= 0.3 is 5.97 Å². The molecule has 2 aromatic carbocycles. The number of esters is 1. The number of thiazole rings is 1. The number of nitrogens with zero attached hydrogens (tertiary/aromatic N) is 1. The van der Waals surface area contributed by atoms with E-state index in [9.17, 15) is 18.0 Å². The van der Waals surface area contributed by atoms with E-state index >= 15 is 0 Å². The van der Waals surface area contributed by atoms with Crippen LogP contribution in [0, 0.1) is 0 Å². The number of ether oxygens (including phenoxy) is 1. The van der Waals surface area contributed by atoms with Crippen LogP contribution in [-0.4, -0.2) is 37.3 Å². The van der Waals surface area contributed by atoms with Gasteiger partial charge in [-0.05, 0) is 61.7 Å². The molecule has 0 aliphatic heterocycles. The van der Waals surface area contributed by atoms with E-state index in [4.69, 9.17) is 5.73 Å². The first-order valence-corrected chi connectivity index (χ1v) is 12.3. The van der Waals surface area contributed by atoms with Crippen LogP contribution >= 0.6 is 11.3 Å². The zero-order valence-corrected chi connectivity index (χ0v) is 19.7. The number of aromatic nitrogens is 1. The molecule has 32 heavy (non-hydrogen) atoms. The van der Waals surface area contributed by atoms with E-state index in [0.717, 1.165) is 43.5 Å². The van der Waals surface area contributed by atoms with Gasteiger partial charge in [-0.25, -0.2) is 18.2 Å². The van der Waals surface area contributed by atoms with Gasteiger partial charge in [0.05, 0.1) is 22.2 Å². The van der Waals surface area contributed by atoms with Crippen LogP contribution in [0.25, 0.3) is 10.2 Å². The van der Waals surface area contributed by atoms with Crippen molar-refractivity contribution in [3.8, 4) is 0 Å². The zero-order valence-electron chi connectivity index (χ0n) is 18.0. The van der Waals surface area contributed by atoms with E-state index in [0.29, 0.717) is 5.13 Å². The number of nitrogens with one attached hydrogen (secondary N) is 1. The smallest absolute Gasteiger partial charge is 0.341 e. The molecular weight excluding hydrogens is 450 g/mol. The molecule has 0 aliphatic rings. The summed E-state index contributed by atoms with van der Waals surface area (Å²) in [6.07, 6.45) is 3.23. The van der Waals surface area contributed by atoms with Crippen LogP contribution in [0.1, 0.15) is 42.6 Å². The molecule has 1 atom stereocenters. The summed E-state index contributed by atoms with van der Waals surface area (Å²) in [6, 6.07) is 11.2. The average Bonchev–Trinajstić information content (AvgIpc) is 3.18. The molecule has 0 bridgehead atoms. The first-order valence-electron chi connectivity index (χ1n) is 10.0. The topological polar surface area (TPSA) is 128 Å². The summed E-state index contributed by atoms with van der Waals surface area (Å²) in [7, 11) is -3.16. The van der Waals surface area contributed by atoms with Gasteiger partial charge in [-0.2, -0.15) is 0 Å². The molecule has 170 valence electrons. The summed E-state index contributed by atoms with van der Waals surface area (Å²) in [5, 5.41) is 3.20. The minimum absolute atomic E-state index is 0.191. The molecule has 0 aliphatic carbocycles. The number of hydrogen-bond acceptors (Lipinski definition) is 8. The highest BCUT2D eigenvalue weighted by Gasteiger charge is 2.44. The van der Waals surface area contributed by atoms with E-state index in [1.54, 1.807) is 0 Å². The van der Waals surface area contributed by atoms with Crippen molar-refractivity contribution >= 4 is 48.4 Å². The number of carbonyl (C=O) groups is 2. The van der Waals surface area contributed by atoms with Crippen LogP contribution in [0.15, 0.2) is 47.4 Å². The number of nitrogens with two attached hydrogens (primary N) is 1. The highest BCUT2D eigenvalue weighted by molar-refractivity contribution is 7.93. The number of aryl methyl sites for hydroxylation is 1. The number of sulfone groups is 1. The Morgan fingerprint density at radius 3 is 2.50 bits per heavy atom. The van der Waals surface area contributed by atoms with Gasteiger partial charge in [0.2, 0.25) is 14.7 Å². The van der Waals surface area contributed by atoms with Crippen LogP contribution in [0.4, 0.5) is 5.13 Å². The molecule has 0 saturated heterocycles. The maximum absolute atomic E-state index is 12.7. The van der Waals surface area contributed by atoms with E-state index in [2.05, 4.69) is 28.0 Å². The summed E-state index contributed by atoms with van der Waals surface area (Å²) in [4.78, 5) is 26.4. The summed E-state index contributed by atoms with van der Waals surface area (Å²) in [6.45, 7) is 3.21. The minimum Gasteiger partial charge on any atom is -0.467 e. The van der Waals surface area contributed by atoms with E-state index in [1.807, 2.05) is 12.1 Å². The Morgan fingerprint density at radius 2 is 1.88 bits per heavy atom. The van der Waals surface area contributed by atoms with Crippen molar-refractivity contribution in [2.24, 2.45) is 5.73 Å². The Morgan fingerprint density at radius 1 is 1.19 bits per heavy atom. The SMILES string of the molecule is CCCCc1ccc2nc(NC(=O)c3ccc(S(=O)(=O)[C@@](C)(N)C(=O)OC)cc3)sc2c1. The molecule has 3 rings (SSSR count). The molecule has 3 aromatic rings. The van der Waals surface area contributed by atoms with Crippen LogP contribution in [0.5, 0.6) is 0 Å². The molecule has 0 radical (unpaired) electrons. The molecule has 8 nitrogen and oxygen atoms in total. The second-order valence-electron chi connectivity index (χ2n) is 7.51. The van der Waals surface area contributed by atoms with Crippen molar-refractivity contribution in [1.82, 2.24) is 4.98 Å². The number of benzene rings is 2. The molecule has 3 N–H and O–H groups in total. The number of anilines is 1. The Bertz CT molecular complexity index is 1250. The number of hydrogen-bond donors (Lipinski definition) is 2. The Labute approximate surface area is 190 Å². The third-order valence-corrected chi connectivity index (χ3v) is 8.18. The van der Waals surface area contributed by atoms with Crippen molar-refractivity contribution in [3.05, 3.63) is 53.6 Å². The summed E-state index contributed by atoms with van der Waals surface area (Å²) in [5.74, 6) is -1.50. The van der Waals surface area contributed by atoms with Crippen molar-refractivity contribution < 1.29 is 22.7 Å². The van der Waals surface area contributed by atoms with Gasteiger partial charge in [0.15, 0.2) is 5.13 Å². The van der Waals surface area contributed by atoms with Gasteiger partial charge < -0.3 is 10.5 Å². The number of amides is 1. The van der Waals surface area contributed by atoms with Gasteiger partial charge in [0.1, 0.15) is 0 Å². The first-order chi connectivity index (χ1) is 15.1. The van der Waals surface area contributed by atoms with Gasteiger partial charge in [-0.3, -0.25) is 10.1 Å². The molecule has 1 amide bonds. The molecule has 10 heteroatoms. The van der Waals surface area contributed by atoms with E-state index in [-0.39, 0.29) is 10.5 Å². The average molecular weight is 476 g/mol. The fourth-order valence-electron chi connectivity index (χ4n) is 3.07. The Balaban J connectivity index is 1.77. The molecule has 0 saturated carbocycles. The predicted molar refractivity (Wildman–Crippen MR) is 124 cm³/mol. The fraction of sp³-hybridized carbons (Fsp3) is 0.318. The van der Waals surface area contributed by atoms with E-state index in [1.165, 1.54) is 41.2 Å². The zero-order chi connectivity index (χ0) is 23.5. The van der Waals surface area contributed by atoms with Crippen molar-refractivity contribution in [3.63, 3.8) is 0 Å². The Hall–Kier alpha value is -2.82. The maximum Gasteiger partial charge on any atom is 0.341 e. The van der Waals surface area contributed by atoms with Crippen LogP contribution in [0.2, 0.25) is 0 Å². The number of fused-ring (bicyclic) bond motifs is 1. The molecule has 0 unspecified atom stereocenters. The monoisotopic (exact) mass is 475 g/mol. The number of methoxy groups -OCH3 is 1. The Kier molecular flexibility index (Phi) is 6.97. The van der Waals surface area contributed by atoms with Gasteiger partial charge in [0.25, 0.3) is 5.91 Å². The van der Waals surface area contributed by atoms with Crippen LogP contribution < -0.4 is 11.1 Å². The highest BCUT2D eigenvalue weighted by Crippen LogP contribution is 2.28.